The number of benzene rings is 1. The van der Waals surface area contributed by atoms with E-state index in [9.17, 15) is 19.7 Å². The molecule has 1 fully saturated rings. The number of amides is 1. The lowest BCUT2D eigenvalue weighted by Crippen LogP contribution is -2.43. The van der Waals surface area contributed by atoms with Crippen LogP contribution in [-0.2, 0) is 14.3 Å². The molecule has 25 heavy (non-hydrogen) atoms. The molecule has 8 heteroatoms. The molecule has 8 nitrogen and oxygen atoms in total. The van der Waals surface area contributed by atoms with Crippen molar-refractivity contribution in [1.82, 2.24) is 5.32 Å². The number of nitro groups is 1. The number of carbonyl (C=O) groups is 2. The minimum absolute atomic E-state index is 0.0232. The molecule has 1 aliphatic carbocycles. The molecule has 2 atom stereocenters. The normalized spacial score (nSPS) is 19.7. The average Bonchev–Trinajstić information content (AvgIpc) is 2.60. The molecule has 0 bridgehead atoms. The highest BCUT2D eigenvalue weighted by Crippen LogP contribution is 2.25. The quantitative estimate of drug-likeness (QED) is 0.459. The van der Waals surface area contributed by atoms with Crippen molar-refractivity contribution in [3.63, 3.8) is 0 Å². The van der Waals surface area contributed by atoms with Crippen molar-refractivity contribution < 1.29 is 24.0 Å². The largest absolute Gasteiger partial charge is 0.475 e. The van der Waals surface area contributed by atoms with Crippen molar-refractivity contribution in [3.05, 3.63) is 34.4 Å². The zero-order valence-corrected chi connectivity index (χ0v) is 14.1. The Bertz CT molecular complexity index is 633. The summed E-state index contributed by atoms with van der Waals surface area (Å²) in [6.45, 7) is 1.21. The van der Waals surface area contributed by atoms with Crippen molar-refractivity contribution in [2.24, 2.45) is 5.92 Å². The van der Waals surface area contributed by atoms with Crippen molar-refractivity contribution in [2.45, 2.75) is 38.6 Å². The van der Waals surface area contributed by atoms with E-state index in [4.69, 9.17) is 9.47 Å². The van der Waals surface area contributed by atoms with E-state index < -0.39 is 17.5 Å². The summed E-state index contributed by atoms with van der Waals surface area (Å²) in [5.74, 6) is -0.719. The van der Waals surface area contributed by atoms with Crippen LogP contribution < -0.4 is 10.1 Å². The topological polar surface area (TPSA) is 108 Å². The Morgan fingerprint density at radius 3 is 2.68 bits per heavy atom. The Kier molecular flexibility index (Phi) is 6.73. The maximum Gasteiger partial charge on any atom is 0.344 e. The van der Waals surface area contributed by atoms with Crippen LogP contribution in [0.15, 0.2) is 24.3 Å². The number of para-hydroxylation sites is 2. The van der Waals surface area contributed by atoms with Crippen LogP contribution in [0, 0.1) is 16.0 Å². The van der Waals surface area contributed by atoms with E-state index in [0.717, 1.165) is 19.3 Å². The maximum absolute atomic E-state index is 11.9. The molecule has 0 spiro atoms. The van der Waals surface area contributed by atoms with Gasteiger partial charge in [0.25, 0.3) is 5.91 Å². The molecule has 0 aromatic heterocycles. The van der Waals surface area contributed by atoms with Crippen molar-refractivity contribution >= 4 is 17.6 Å². The molecule has 0 radical (unpaired) electrons. The van der Waals surface area contributed by atoms with Crippen molar-refractivity contribution in [1.29, 1.82) is 0 Å². The number of nitro benzene ring substituents is 1. The van der Waals surface area contributed by atoms with E-state index in [1.54, 1.807) is 6.07 Å². The number of ether oxygens (including phenoxy) is 2. The van der Waals surface area contributed by atoms with Gasteiger partial charge in [0.05, 0.1) is 4.92 Å². The van der Waals surface area contributed by atoms with Gasteiger partial charge in [-0.05, 0) is 24.8 Å². The SMILES string of the molecule is C[C@@H]1CCCC[C@H]1NC(=O)COC(=O)COc1ccccc1[N+](=O)[O-]. The zero-order chi connectivity index (χ0) is 18.2. The van der Waals surface area contributed by atoms with Gasteiger partial charge in [-0.1, -0.05) is 31.9 Å². The van der Waals surface area contributed by atoms with Crippen molar-refractivity contribution in [3.8, 4) is 5.75 Å². The monoisotopic (exact) mass is 350 g/mol. The third-order valence-electron chi connectivity index (χ3n) is 4.23. The van der Waals surface area contributed by atoms with E-state index in [2.05, 4.69) is 12.2 Å². The lowest BCUT2D eigenvalue weighted by atomic mass is 9.86. The van der Waals surface area contributed by atoms with Gasteiger partial charge < -0.3 is 14.8 Å². The van der Waals surface area contributed by atoms with Crippen LogP contribution in [0.4, 0.5) is 5.69 Å². The number of carbonyl (C=O) groups excluding carboxylic acids is 2. The predicted octanol–water partition coefficient (Wildman–Crippen LogP) is 2.21. The highest BCUT2D eigenvalue weighted by Gasteiger charge is 2.23. The number of nitrogens with one attached hydrogen (secondary N) is 1. The Hall–Kier alpha value is -2.64. The molecule has 0 unspecified atom stereocenters. The van der Waals surface area contributed by atoms with E-state index in [0.29, 0.717) is 5.92 Å². The molecule has 1 aromatic rings. The number of hydrogen-bond donors (Lipinski definition) is 1. The highest BCUT2D eigenvalue weighted by molar-refractivity contribution is 5.81. The first-order chi connectivity index (χ1) is 12.0. The summed E-state index contributed by atoms with van der Waals surface area (Å²) >= 11 is 0. The Labute approximate surface area is 145 Å². The molecule has 136 valence electrons. The van der Waals surface area contributed by atoms with Crippen LogP contribution in [-0.4, -0.2) is 36.1 Å². The summed E-state index contributed by atoms with van der Waals surface area (Å²) in [5, 5.41) is 13.7. The fourth-order valence-electron chi connectivity index (χ4n) is 2.83. The average molecular weight is 350 g/mol. The van der Waals surface area contributed by atoms with Gasteiger partial charge in [-0.25, -0.2) is 4.79 Å². The smallest absolute Gasteiger partial charge is 0.344 e. The Morgan fingerprint density at radius 2 is 1.96 bits per heavy atom. The molecule has 2 rings (SSSR count). The Balaban J connectivity index is 1.73. The zero-order valence-electron chi connectivity index (χ0n) is 14.1. The first-order valence-electron chi connectivity index (χ1n) is 8.28. The van der Waals surface area contributed by atoms with Gasteiger partial charge >= 0.3 is 11.7 Å². The fourth-order valence-corrected chi connectivity index (χ4v) is 2.83. The molecule has 0 aliphatic heterocycles. The first kappa shape index (κ1) is 18.7. The summed E-state index contributed by atoms with van der Waals surface area (Å²) in [5.41, 5.74) is -0.237. The van der Waals surface area contributed by atoms with Crippen LogP contribution in [0.5, 0.6) is 5.75 Å². The van der Waals surface area contributed by atoms with E-state index in [1.165, 1.54) is 24.6 Å². The van der Waals surface area contributed by atoms with Gasteiger partial charge in [-0.2, -0.15) is 0 Å². The molecule has 1 N–H and O–H groups in total. The summed E-state index contributed by atoms with van der Waals surface area (Å²) < 4.78 is 9.97. The molecule has 1 aliphatic rings. The van der Waals surface area contributed by atoms with Gasteiger partial charge in [0.15, 0.2) is 19.0 Å². The molecular weight excluding hydrogens is 328 g/mol. The molecule has 1 saturated carbocycles. The van der Waals surface area contributed by atoms with Crippen LogP contribution in [0.1, 0.15) is 32.6 Å². The highest BCUT2D eigenvalue weighted by atomic mass is 16.6. The third kappa shape index (κ3) is 5.74. The van der Waals surface area contributed by atoms with E-state index in [-0.39, 0.29) is 30.0 Å². The van der Waals surface area contributed by atoms with Gasteiger partial charge in [0.1, 0.15) is 0 Å². The van der Waals surface area contributed by atoms with Crippen LogP contribution >= 0.6 is 0 Å². The molecule has 1 amide bonds. The van der Waals surface area contributed by atoms with Crippen LogP contribution in [0.3, 0.4) is 0 Å². The lowest BCUT2D eigenvalue weighted by Gasteiger charge is -2.29. The fraction of sp³-hybridized carbons (Fsp3) is 0.529. The summed E-state index contributed by atoms with van der Waals surface area (Å²) in [7, 11) is 0. The standard InChI is InChI=1S/C17H22N2O6/c1-12-6-2-3-7-13(12)18-16(20)10-25-17(21)11-24-15-9-5-4-8-14(15)19(22)23/h4-5,8-9,12-13H,2-3,6-7,10-11H2,1H3,(H,18,20)/t12-,13-/m1/s1. The third-order valence-corrected chi connectivity index (χ3v) is 4.23. The minimum Gasteiger partial charge on any atom is -0.475 e. The minimum atomic E-state index is -0.759. The molecule has 0 heterocycles. The molecule has 0 saturated heterocycles. The van der Waals surface area contributed by atoms with E-state index in [1.807, 2.05) is 0 Å². The van der Waals surface area contributed by atoms with Gasteiger partial charge in [-0.15, -0.1) is 0 Å². The number of rotatable bonds is 7. The van der Waals surface area contributed by atoms with Crippen molar-refractivity contribution in [2.75, 3.05) is 13.2 Å². The van der Waals surface area contributed by atoms with E-state index >= 15 is 0 Å². The number of hydrogen-bond acceptors (Lipinski definition) is 6. The Morgan fingerprint density at radius 1 is 1.24 bits per heavy atom. The summed E-state index contributed by atoms with van der Waals surface area (Å²) in [6.07, 6.45) is 4.26. The second kappa shape index (κ2) is 9.00. The first-order valence-corrected chi connectivity index (χ1v) is 8.28. The second-order valence-corrected chi connectivity index (χ2v) is 6.11. The maximum atomic E-state index is 11.9. The van der Waals surface area contributed by atoms with Crippen LogP contribution in [0.25, 0.3) is 0 Å². The van der Waals surface area contributed by atoms with Gasteiger partial charge in [0.2, 0.25) is 0 Å². The number of nitrogens with zero attached hydrogens (tertiary/aromatic N) is 1. The molecular formula is C17H22N2O6. The summed E-state index contributed by atoms with van der Waals surface area (Å²) in [6, 6.07) is 5.84. The molecule has 1 aromatic carbocycles. The van der Waals surface area contributed by atoms with Gasteiger partial charge in [0, 0.05) is 12.1 Å². The van der Waals surface area contributed by atoms with Crippen LogP contribution in [0.2, 0.25) is 0 Å². The predicted molar refractivity (Wildman–Crippen MR) is 89.1 cm³/mol. The van der Waals surface area contributed by atoms with Gasteiger partial charge in [-0.3, -0.25) is 14.9 Å². The second-order valence-electron chi connectivity index (χ2n) is 6.11. The summed E-state index contributed by atoms with van der Waals surface area (Å²) in [4.78, 5) is 33.8. The lowest BCUT2D eigenvalue weighted by molar-refractivity contribution is -0.385. The number of esters is 1.